The molecule has 1 heterocycles. The summed E-state index contributed by atoms with van der Waals surface area (Å²) in [5, 5.41) is 0. The van der Waals surface area contributed by atoms with E-state index < -0.39 is 12.5 Å². The lowest BCUT2D eigenvalue weighted by Crippen LogP contribution is -2.59. The van der Waals surface area contributed by atoms with E-state index >= 15 is 0 Å². The van der Waals surface area contributed by atoms with Gasteiger partial charge in [-0.05, 0) is 26.8 Å². The standard InChI is InChI=1S/C13H22F2N2O/c1-5-12(18)17-7-6-16(13(2,3)4)9-10(17)8-11(14)15/h5,10-11H,1,6-9H2,2-4H3/t10-/m0/s1. The molecule has 18 heavy (non-hydrogen) atoms. The fourth-order valence-corrected chi connectivity index (χ4v) is 2.28. The number of nitrogens with zero attached hydrogens (tertiary/aromatic N) is 2. The summed E-state index contributed by atoms with van der Waals surface area (Å²) in [6.45, 7) is 11.3. The van der Waals surface area contributed by atoms with E-state index in [0.29, 0.717) is 19.6 Å². The van der Waals surface area contributed by atoms with E-state index in [9.17, 15) is 13.6 Å². The molecule has 5 heteroatoms. The van der Waals surface area contributed by atoms with Gasteiger partial charge in [-0.1, -0.05) is 6.58 Å². The third kappa shape index (κ3) is 3.77. The normalized spacial score (nSPS) is 22.3. The molecule has 0 N–H and O–H groups in total. The predicted octanol–water partition coefficient (Wildman–Crippen LogP) is 2.14. The molecule has 1 atom stereocenters. The smallest absolute Gasteiger partial charge is 0.246 e. The second-order valence-corrected chi connectivity index (χ2v) is 5.63. The molecule has 0 spiro atoms. The van der Waals surface area contributed by atoms with E-state index in [-0.39, 0.29) is 17.9 Å². The van der Waals surface area contributed by atoms with Crippen molar-refractivity contribution in [3.63, 3.8) is 0 Å². The zero-order valence-electron chi connectivity index (χ0n) is 11.3. The molecule has 3 nitrogen and oxygen atoms in total. The summed E-state index contributed by atoms with van der Waals surface area (Å²) in [5.41, 5.74) is -0.0658. The van der Waals surface area contributed by atoms with Gasteiger partial charge >= 0.3 is 0 Å². The van der Waals surface area contributed by atoms with E-state index in [1.54, 1.807) is 0 Å². The molecule has 1 saturated heterocycles. The largest absolute Gasteiger partial charge is 0.333 e. The van der Waals surface area contributed by atoms with Crippen molar-refractivity contribution in [2.45, 2.75) is 45.2 Å². The van der Waals surface area contributed by atoms with Crippen LogP contribution in [0.25, 0.3) is 0 Å². The molecule has 104 valence electrons. The van der Waals surface area contributed by atoms with Crippen molar-refractivity contribution < 1.29 is 13.6 Å². The lowest BCUT2D eigenvalue weighted by molar-refractivity contribution is -0.133. The van der Waals surface area contributed by atoms with Crippen molar-refractivity contribution in [3.05, 3.63) is 12.7 Å². The molecule has 0 unspecified atom stereocenters. The van der Waals surface area contributed by atoms with Crippen molar-refractivity contribution in [3.8, 4) is 0 Å². The number of hydrogen-bond donors (Lipinski definition) is 0. The first kappa shape index (κ1) is 15.1. The quantitative estimate of drug-likeness (QED) is 0.726. The van der Waals surface area contributed by atoms with Crippen LogP contribution >= 0.6 is 0 Å². The Balaban J connectivity index is 2.79. The molecule has 0 aromatic carbocycles. The van der Waals surface area contributed by atoms with Crippen molar-refractivity contribution in [1.29, 1.82) is 0 Å². The first-order valence-electron chi connectivity index (χ1n) is 6.22. The van der Waals surface area contributed by atoms with Gasteiger partial charge in [0.15, 0.2) is 0 Å². The minimum absolute atomic E-state index is 0.0658. The van der Waals surface area contributed by atoms with Gasteiger partial charge in [0.25, 0.3) is 0 Å². The Bertz CT molecular complexity index is 313. The second-order valence-electron chi connectivity index (χ2n) is 5.63. The number of piperazine rings is 1. The summed E-state index contributed by atoms with van der Waals surface area (Å²) in [6, 6.07) is -0.427. The highest BCUT2D eigenvalue weighted by molar-refractivity contribution is 5.87. The SMILES string of the molecule is C=CC(=O)N1CCN(C(C)(C)C)C[C@@H]1CC(F)F. The van der Waals surface area contributed by atoms with Crippen LogP contribution in [0.3, 0.4) is 0 Å². The van der Waals surface area contributed by atoms with Gasteiger partial charge in [-0.2, -0.15) is 0 Å². The fourth-order valence-electron chi connectivity index (χ4n) is 2.28. The predicted molar refractivity (Wildman–Crippen MR) is 67.6 cm³/mol. The molecule has 1 rings (SSSR count). The van der Waals surface area contributed by atoms with E-state index in [1.165, 1.54) is 11.0 Å². The molecule has 0 bridgehead atoms. The second kappa shape index (κ2) is 5.78. The van der Waals surface area contributed by atoms with Gasteiger partial charge < -0.3 is 4.90 Å². The lowest BCUT2D eigenvalue weighted by Gasteiger charge is -2.46. The highest BCUT2D eigenvalue weighted by Crippen LogP contribution is 2.23. The van der Waals surface area contributed by atoms with Gasteiger partial charge in [0.05, 0.1) is 6.04 Å². The minimum Gasteiger partial charge on any atom is -0.333 e. The lowest BCUT2D eigenvalue weighted by atomic mass is 10.0. The molecule has 0 aromatic heterocycles. The maximum Gasteiger partial charge on any atom is 0.246 e. The van der Waals surface area contributed by atoms with Gasteiger partial charge in [-0.25, -0.2) is 8.78 Å². The number of alkyl halides is 2. The fraction of sp³-hybridized carbons (Fsp3) is 0.769. The number of hydrogen-bond acceptors (Lipinski definition) is 2. The van der Waals surface area contributed by atoms with E-state index in [2.05, 4.69) is 32.3 Å². The van der Waals surface area contributed by atoms with Crippen molar-refractivity contribution in [2.24, 2.45) is 0 Å². The molecule has 0 aliphatic carbocycles. The summed E-state index contributed by atoms with van der Waals surface area (Å²) >= 11 is 0. The summed E-state index contributed by atoms with van der Waals surface area (Å²) in [6.07, 6.45) is -1.47. The Morgan fingerprint density at radius 3 is 2.50 bits per heavy atom. The molecule has 0 radical (unpaired) electrons. The summed E-state index contributed by atoms with van der Waals surface area (Å²) in [4.78, 5) is 15.3. The summed E-state index contributed by atoms with van der Waals surface area (Å²) in [5.74, 6) is -0.255. The molecular formula is C13H22F2N2O. The van der Waals surface area contributed by atoms with Crippen molar-refractivity contribution in [2.75, 3.05) is 19.6 Å². The monoisotopic (exact) mass is 260 g/mol. The van der Waals surface area contributed by atoms with Gasteiger partial charge in [0, 0.05) is 31.6 Å². The van der Waals surface area contributed by atoms with E-state index in [0.717, 1.165) is 0 Å². The number of carbonyl (C=O) groups is 1. The maximum atomic E-state index is 12.6. The number of carbonyl (C=O) groups excluding carboxylic acids is 1. The van der Waals surface area contributed by atoms with Crippen LogP contribution < -0.4 is 0 Å². The highest BCUT2D eigenvalue weighted by Gasteiger charge is 2.35. The Morgan fingerprint density at radius 2 is 2.06 bits per heavy atom. The maximum absolute atomic E-state index is 12.6. The Hall–Kier alpha value is -0.970. The summed E-state index contributed by atoms with van der Waals surface area (Å²) < 4.78 is 25.2. The van der Waals surface area contributed by atoms with Crippen LogP contribution in [0.1, 0.15) is 27.2 Å². The van der Waals surface area contributed by atoms with Crippen molar-refractivity contribution in [1.82, 2.24) is 9.80 Å². The summed E-state index contributed by atoms with van der Waals surface area (Å²) in [7, 11) is 0. The van der Waals surface area contributed by atoms with Crippen LogP contribution in [-0.4, -0.2) is 53.3 Å². The zero-order chi connectivity index (χ0) is 13.9. The van der Waals surface area contributed by atoms with Gasteiger partial charge in [-0.3, -0.25) is 9.69 Å². The Kier molecular flexibility index (Phi) is 4.85. The molecule has 1 amide bonds. The number of halogens is 2. The van der Waals surface area contributed by atoms with Crippen LogP contribution in [-0.2, 0) is 4.79 Å². The first-order valence-corrected chi connectivity index (χ1v) is 6.22. The Morgan fingerprint density at radius 1 is 1.44 bits per heavy atom. The third-order valence-electron chi connectivity index (χ3n) is 3.34. The molecular weight excluding hydrogens is 238 g/mol. The molecule has 1 aliphatic rings. The van der Waals surface area contributed by atoms with Crippen LogP contribution in [0.5, 0.6) is 0 Å². The Labute approximate surface area is 107 Å². The van der Waals surface area contributed by atoms with Crippen LogP contribution in [0, 0.1) is 0 Å². The van der Waals surface area contributed by atoms with Crippen LogP contribution in [0.4, 0.5) is 8.78 Å². The van der Waals surface area contributed by atoms with E-state index in [1.807, 2.05) is 0 Å². The third-order valence-corrected chi connectivity index (χ3v) is 3.34. The van der Waals surface area contributed by atoms with Gasteiger partial charge in [-0.15, -0.1) is 0 Å². The van der Waals surface area contributed by atoms with E-state index in [4.69, 9.17) is 0 Å². The highest BCUT2D eigenvalue weighted by atomic mass is 19.3. The minimum atomic E-state index is -2.39. The van der Waals surface area contributed by atoms with Crippen LogP contribution in [0.15, 0.2) is 12.7 Å². The molecule has 0 saturated carbocycles. The number of amides is 1. The average Bonchev–Trinajstić information content (AvgIpc) is 2.26. The molecule has 1 fully saturated rings. The van der Waals surface area contributed by atoms with Gasteiger partial charge in [0.2, 0.25) is 12.3 Å². The first-order chi connectivity index (χ1) is 8.25. The topological polar surface area (TPSA) is 23.6 Å². The molecule has 0 aromatic rings. The van der Waals surface area contributed by atoms with Crippen molar-refractivity contribution >= 4 is 5.91 Å². The number of rotatable bonds is 3. The molecule has 1 aliphatic heterocycles. The average molecular weight is 260 g/mol. The van der Waals surface area contributed by atoms with Gasteiger partial charge in [0.1, 0.15) is 0 Å². The zero-order valence-corrected chi connectivity index (χ0v) is 11.3. The van der Waals surface area contributed by atoms with Crippen LogP contribution in [0.2, 0.25) is 0 Å².